The topological polar surface area (TPSA) is 38.5 Å². The summed E-state index contributed by atoms with van der Waals surface area (Å²) in [6.45, 7) is 1.95. The molecule has 0 radical (unpaired) electrons. The molecule has 1 aromatic rings. The van der Waals surface area contributed by atoms with E-state index in [0.29, 0.717) is 18.7 Å². The van der Waals surface area contributed by atoms with E-state index in [4.69, 9.17) is 10.5 Å². The predicted molar refractivity (Wildman–Crippen MR) is 59.0 cm³/mol. The summed E-state index contributed by atoms with van der Waals surface area (Å²) in [6, 6.07) is 5.07. The van der Waals surface area contributed by atoms with Gasteiger partial charge in [0.05, 0.1) is 12.3 Å². The molecule has 0 unspecified atom stereocenters. The van der Waals surface area contributed by atoms with E-state index >= 15 is 0 Å². The molecule has 84 valence electrons. The number of benzene rings is 1. The minimum atomic E-state index is -0.318. The van der Waals surface area contributed by atoms with E-state index in [9.17, 15) is 4.39 Å². The van der Waals surface area contributed by atoms with Crippen LogP contribution >= 0.6 is 0 Å². The smallest absolute Gasteiger partial charge is 0.150 e. The lowest BCUT2D eigenvalue weighted by Gasteiger charge is -2.16. The van der Waals surface area contributed by atoms with Crippen molar-refractivity contribution in [3.63, 3.8) is 0 Å². The second-order valence-corrected chi connectivity index (χ2v) is 3.55. The zero-order valence-corrected chi connectivity index (χ0v) is 9.16. The van der Waals surface area contributed by atoms with E-state index in [1.807, 2.05) is 11.9 Å². The second kappa shape index (κ2) is 5.68. The minimum absolute atomic E-state index is 0.202. The van der Waals surface area contributed by atoms with Gasteiger partial charge in [-0.05, 0) is 13.1 Å². The molecular weight excluding hydrogens is 195 g/mol. The van der Waals surface area contributed by atoms with Crippen molar-refractivity contribution in [1.82, 2.24) is 4.90 Å². The van der Waals surface area contributed by atoms with Gasteiger partial charge in [-0.25, -0.2) is 4.39 Å². The Hall–Kier alpha value is -1.13. The summed E-state index contributed by atoms with van der Waals surface area (Å²) in [7, 11) is 3.57. The van der Waals surface area contributed by atoms with Gasteiger partial charge in [-0.2, -0.15) is 0 Å². The van der Waals surface area contributed by atoms with Crippen LogP contribution in [0.15, 0.2) is 18.2 Å². The third kappa shape index (κ3) is 3.49. The number of hydrogen-bond donors (Lipinski definition) is 1. The van der Waals surface area contributed by atoms with Gasteiger partial charge < -0.3 is 10.5 Å². The molecular formula is C11H17FN2O. The monoisotopic (exact) mass is 212 g/mol. The van der Waals surface area contributed by atoms with Crippen molar-refractivity contribution in [3.8, 4) is 0 Å². The van der Waals surface area contributed by atoms with E-state index in [-0.39, 0.29) is 11.5 Å². The zero-order chi connectivity index (χ0) is 11.3. The van der Waals surface area contributed by atoms with Gasteiger partial charge in [0.2, 0.25) is 0 Å². The number of hydrogen-bond acceptors (Lipinski definition) is 3. The first-order chi connectivity index (χ1) is 7.15. The van der Waals surface area contributed by atoms with E-state index in [2.05, 4.69) is 0 Å². The molecule has 3 nitrogen and oxygen atoms in total. The highest BCUT2D eigenvalue weighted by Crippen LogP contribution is 2.15. The van der Waals surface area contributed by atoms with Crippen molar-refractivity contribution in [2.75, 3.05) is 33.0 Å². The first kappa shape index (κ1) is 11.9. The molecule has 1 rings (SSSR count). The molecule has 0 bridgehead atoms. The van der Waals surface area contributed by atoms with Gasteiger partial charge >= 0.3 is 0 Å². The lowest BCUT2D eigenvalue weighted by atomic mass is 10.2. The van der Waals surface area contributed by atoms with Crippen LogP contribution in [0.2, 0.25) is 0 Å². The molecule has 0 aliphatic carbocycles. The summed E-state index contributed by atoms with van der Waals surface area (Å²) in [5, 5.41) is 0. The lowest BCUT2D eigenvalue weighted by Crippen LogP contribution is -2.23. The summed E-state index contributed by atoms with van der Waals surface area (Å²) in [5.74, 6) is -0.318. The van der Waals surface area contributed by atoms with E-state index in [1.54, 1.807) is 25.3 Å². The van der Waals surface area contributed by atoms with Gasteiger partial charge in [0.1, 0.15) is 0 Å². The lowest BCUT2D eigenvalue weighted by molar-refractivity contribution is 0.158. The first-order valence-electron chi connectivity index (χ1n) is 4.85. The van der Waals surface area contributed by atoms with Crippen LogP contribution in [0.25, 0.3) is 0 Å². The molecule has 15 heavy (non-hydrogen) atoms. The Morgan fingerprint density at radius 1 is 1.47 bits per heavy atom. The molecule has 0 fully saturated rings. The van der Waals surface area contributed by atoms with Crippen LogP contribution in [-0.2, 0) is 11.3 Å². The normalized spacial score (nSPS) is 10.9. The van der Waals surface area contributed by atoms with E-state index in [0.717, 1.165) is 6.54 Å². The maximum atomic E-state index is 13.5. The molecule has 0 heterocycles. The predicted octanol–water partition coefficient (Wildman–Crippen LogP) is 1.49. The van der Waals surface area contributed by atoms with Gasteiger partial charge in [0.15, 0.2) is 5.82 Å². The quantitative estimate of drug-likeness (QED) is 0.751. The van der Waals surface area contributed by atoms with Crippen LogP contribution in [-0.4, -0.2) is 32.2 Å². The Balaban J connectivity index is 2.60. The van der Waals surface area contributed by atoms with E-state index < -0.39 is 0 Å². The van der Waals surface area contributed by atoms with Crippen molar-refractivity contribution in [3.05, 3.63) is 29.6 Å². The molecule has 2 N–H and O–H groups in total. The fourth-order valence-electron chi connectivity index (χ4n) is 1.34. The summed E-state index contributed by atoms with van der Waals surface area (Å²) in [6.07, 6.45) is 0. The number of nitrogens with two attached hydrogens (primary N) is 1. The largest absolute Gasteiger partial charge is 0.396 e. The van der Waals surface area contributed by atoms with Crippen LogP contribution in [0.5, 0.6) is 0 Å². The SMILES string of the molecule is COCCN(C)Cc1cccc(N)c1F. The number of ether oxygens (including phenoxy) is 1. The van der Waals surface area contributed by atoms with Crippen LogP contribution in [0.3, 0.4) is 0 Å². The Morgan fingerprint density at radius 3 is 2.87 bits per heavy atom. The highest BCUT2D eigenvalue weighted by Gasteiger charge is 2.07. The molecule has 0 aliphatic rings. The number of halogens is 1. The Bertz CT molecular complexity index is 317. The summed E-state index contributed by atoms with van der Waals surface area (Å²) in [5.41, 5.74) is 6.30. The van der Waals surface area contributed by atoms with Crippen molar-refractivity contribution < 1.29 is 9.13 Å². The first-order valence-corrected chi connectivity index (χ1v) is 4.85. The molecule has 4 heteroatoms. The summed E-state index contributed by atoms with van der Waals surface area (Å²) < 4.78 is 18.4. The Kier molecular flexibility index (Phi) is 4.52. The maximum Gasteiger partial charge on any atom is 0.150 e. The molecule has 0 saturated carbocycles. The van der Waals surface area contributed by atoms with Gasteiger partial charge in [-0.15, -0.1) is 0 Å². The average Bonchev–Trinajstić information content (AvgIpc) is 2.22. The number of anilines is 1. The number of likely N-dealkylation sites (N-methyl/N-ethyl adjacent to an activating group) is 1. The highest BCUT2D eigenvalue weighted by atomic mass is 19.1. The third-order valence-corrected chi connectivity index (χ3v) is 2.23. The van der Waals surface area contributed by atoms with Crippen LogP contribution in [0, 0.1) is 5.82 Å². The molecule has 0 saturated heterocycles. The summed E-state index contributed by atoms with van der Waals surface area (Å²) in [4.78, 5) is 1.99. The fraction of sp³-hybridized carbons (Fsp3) is 0.455. The maximum absolute atomic E-state index is 13.5. The molecule has 0 aromatic heterocycles. The van der Waals surface area contributed by atoms with Crippen molar-refractivity contribution in [2.24, 2.45) is 0 Å². The molecule has 1 aromatic carbocycles. The zero-order valence-electron chi connectivity index (χ0n) is 9.16. The van der Waals surface area contributed by atoms with Gasteiger partial charge in [0, 0.05) is 25.8 Å². The Morgan fingerprint density at radius 2 is 2.20 bits per heavy atom. The number of nitrogen functional groups attached to an aromatic ring is 1. The van der Waals surface area contributed by atoms with Crippen molar-refractivity contribution in [2.45, 2.75) is 6.54 Å². The van der Waals surface area contributed by atoms with Crippen LogP contribution in [0.4, 0.5) is 10.1 Å². The highest BCUT2D eigenvalue weighted by molar-refractivity contribution is 5.42. The minimum Gasteiger partial charge on any atom is -0.396 e. The molecule has 0 aliphatic heterocycles. The Labute approximate surface area is 89.6 Å². The van der Waals surface area contributed by atoms with Crippen molar-refractivity contribution >= 4 is 5.69 Å². The summed E-state index contributed by atoms with van der Waals surface area (Å²) >= 11 is 0. The van der Waals surface area contributed by atoms with Gasteiger partial charge in [-0.1, -0.05) is 12.1 Å². The van der Waals surface area contributed by atoms with Crippen molar-refractivity contribution in [1.29, 1.82) is 0 Å². The average molecular weight is 212 g/mol. The van der Waals surface area contributed by atoms with Gasteiger partial charge in [0.25, 0.3) is 0 Å². The van der Waals surface area contributed by atoms with Crippen LogP contribution < -0.4 is 5.73 Å². The third-order valence-electron chi connectivity index (χ3n) is 2.23. The van der Waals surface area contributed by atoms with Crippen LogP contribution in [0.1, 0.15) is 5.56 Å². The van der Waals surface area contributed by atoms with E-state index in [1.165, 1.54) is 0 Å². The number of nitrogens with zero attached hydrogens (tertiary/aromatic N) is 1. The molecule has 0 amide bonds. The molecule has 0 atom stereocenters. The fourth-order valence-corrected chi connectivity index (χ4v) is 1.34. The number of methoxy groups -OCH3 is 1. The number of rotatable bonds is 5. The molecule has 0 spiro atoms. The van der Waals surface area contributed by atoms with Gasteiger partial charge in [-0.3, -0.25) is 4.90 Å². The second-order valence-electron chi connectivity index (χ2n) is 3.55. The standard InChI is InChI=1S/C11H17FN2O/c1-14(6-7-15-2)8-9-4-3-5-10(13)11(9)12/h3-5H,6-8,13H2,1-2H3.